The van der Waals surface area contributed by atoms with Crippen LogP contribution in [-0.2, 0) is 11.2 Å². The van der Waals surface area contributed by atoms with E-state index in [1.54, 1.807) is 20.3 Å². The van der Waals surface area contributed by atoms with Crippen molar-refractivity contribution in [2.75, 3.05) is 27.3 Å². The maximum Gasteiger partial charge on any atom is 0.234 e. The molecule has 26 heavy (non-hydrogen) atoms. The van der Waals surface area contributed by atoms with Crippen LogP contribution in [0, 0.1) is 0 Å². The van der Waals surface area contributed by atoms with E-state index < -0.39 is 0 Å². The topological polar surface area (TPSA) is 59.6 Å². The Morgan fingerprint density at radius 2 is 1.62 bits per heavy atom. The van der Waals surface area contributed by atoms with E-state index in [0.29, 0.717) is 6.54 Å². The van der Waals surface area contributed by atoms with E-state index in [0.717, 1.165) is 29.0 Å². The number of hydrogen-bond acceptors (Lipinski definition) is 4. The molecular weight excluding hydrogens is 328 g/mol. The van der Waals surface area contributed by atoms with Gasteiger partial charge in [-0.05, 0) is 41.8 Å². The zero-order valence-corrected chi connectivity index (χ0v) is 15.3. The molecule has 0 saturated carbocycles. The Balaban J connectivity index is 2.10. The van der Waals surface area contributed by atoms with E-state index in [-0.39, 0.29) is 18.5 Å². The summed E-state index contributed by atoms with van der Waals surface area (Å²) in [6.45, 7) is 4.31. The molecule has 1 amide bonds. The maximum atomic E-state index is 11.9. The predicted molar refractivity (Wildman–Crippen MR) is 104 cm³/mol. The molecule has 0 aliphatic rings. The molecule has 2 N–H and O–H groups in total. The largest absolute Gasteiger partial charge is 0.497 e. The van der Waals surface area contributed by atoms with Gasteiger partial charge >= 0.3 is 0 Å². The van der Waals surface area contributed by atoms with Crippen LogP contribution in [0.1, 0.15) is 17.2 Å². The Labute approximate surface area is 155 Å². The first-order valence-corrected chi connectivity index (χ1v) is 8.54. The fourth-order valence-electron chi connectivity index (χ4n) is 2.61. The summed E-state index contributed by atoms with van der Waals surface area (Å²) in [5, 5.41) is 6.12. The molecular formula is C21H26N2O3. The Kier molecular flexibility index (Phi) is 7.71. The minimum absolute atomic E-state index is 0.00350. The molecule has 2 rings (SSSR count). The van der Waals surface area contributed by atoms with Crippen molar-refractivity contribution in [2.24, 2.45) is 0 Å². The fourth-order valence-corrected chi connectivity index (χ4v) is 2.61. The van der Waals surface area contributed by atoms with Crippen molar-refractivity contribution in [3.8, 4) is 11.5 Å². The summed E-state index contributed by atoms with van der Waals surface area (Å²) in [5.41, 5.74) is 2.25. The molecule has 1 unspecified atom stereocenters. The zero-order chi connectivity index (χ0) is 18.8. The number of nitrogens with one attached hydrogen (secondary N) is 2. The smallest absolute Gasteiger partial charge is 0.234 e. The molecule has 5 heteroatoms. The summed E-state index contributed by atoms with van der Waals surface area (Å²) in [4.78, 5) is 11.9. The second kappa shape index (κ2) is 10.3. The molecule has 2 aromatic rings. The number of benzene rings is 2. The zero-order valence-electron chi connectivity index (χ0n) is 15.3. The number of rotatable bonds is 10. The second-order valence-electron chi connectivity index (χ2n) is 5.85. The average molecular weight is 354 g/mol. The van der Waals surface area contributed by atoms with E-state index in [9.17, 15) is 4.79 Å². The molecule has 0 aliphatic heterocycles. The molecule has 0 aromatic heterocycles. The molecule has 5 nitrogen and oxygen atoms in total. The number of hydrogen-bond donors (Lipinski definition) is 2. The van der Waals surface area contributed by atoms with E-state index in [2.05, 4.69) is 17.2 Å². The van der Waals surface area contributed by atoms with Gasteiger partial charge in [0, 0.05) is 12.6 Å². The standard InChI is InChI=1S/C21H26N2O3/c1-4-13-22-21(24)15-23-20(17-7-11-19(26-3)12-8-17)14-16-5-9-18(25-2)10-6-16/h4-12,20,23H,1,13-15H2,2-3H3,(H,22,24). The Morgan fingerprint density at radius 3 is 2.15 bits per heavy atom. The molecule has 0 aliphatic carbocycles. The Morgan fingerprint density at radius 1 is 1.04 bits per heavy atom. The van der Waals surface area contributed by atoms with Crippen LogP contribution in [0.25, 0.3) is 0 Å². The van der Waals surface area contributed by atoms with Crippen molar-refractivity contribution in [1.29, 1.82) is 0 Å². The lowest BCUT2D eigenvalue weighted by atomic mass is 9.98. The summed E-state index contributed by atoms with van der Waals surface area (Å²) in [5.74, 6) is 1.57. The molecule has 0 radical (unpaired) electrons. The lowest BCUT2D eigenvalue weighted by Gasteiger charge is -2.20. The van der Waals surface area contributed by atoms with Crippen molar-refractivity contribution >= 4 is 5.91 Å². The quantitative estimate of drug-likeness (QED) is 0.644. The highest BCUT2D eigenvalue weighted by molar-refractivity contribution is 5.78. The first-order valence-electron chi connectivity index (χ1n) is 8.54. The minimum atomic E-state index is -0.0573. The highest BCUT2D eigenvalue weighted by Crippen LogP contribution is 2.22. The summed E-state index contributed by atoms with van der Waals surface area (Å²) in [7, 11) is 3.30. The third-order valence-corrected chi connectivity index (χ3v) is 4.07. The highest BCUT2D eigenvalue weighted by atomic mass is 16.5. The van der Waals surface area contributed by atoms with Crippen LogP contribution in [0.3, 0.4) is 0 Å². The molecule has 138 valence electrons. The van der Waals surface area contributed by atoms with E-state index in [4.69, 9.17) is 9.47 Å². The number of ether oxygens (including phenoxy) is 2. The number of carbonyl (C=O) groups is 1. The lowest BCUT2D eigenvalue weighted by molar-refractivity contribution is -0.120. The summed E-state index contributed by atoms with van der Waals surface area (Å²) < 4.78 is 10.4. The van der Waals surface area contributed by atoms with Crippen LogP contribution in [0.4, 0.5) is 0 Å². The average Bonchev–Trinajstić information content (AvgIpc) is 2.70. The third kappa shape index (κ3) is 5.93. The molecule has 0 saturated heterocycles. The summed E-state index contributed by atoms with van der Waals surface area (Å²) in [6.07, 6.45) is 2.42. The summed E-state index contributed by atoms with van der Waals surface area (Å²) in [6, 6.07) is 15.8. The second-order valence-corrected chi connectivity index (χ2v) is 5.85. The van der Waals surface area contributed by atoms with Crippen LogP contribution in [0.5, 0.6) is 11.5 Å². The van der Waals surface area contributed by atoms with Gasteiger partial charge in [0.25, 0.3) is 0 Å². The molecule has 0 spiro atoms. The number of methoxy groups -OCH3 is 2. The first kappa shape index (κ1) is 19.5. The van der Waals surface area contributed by atoms with Gasteiger partial charge in [-0.25, -0.2) is 0 Å². The van der Waals surface area contributed by atoms with Crippen LogP contribution in [-0.4, -0.2) is 33.2 Å². The monoisotopic (exact) mass is 354 g/mol. The molecule has 0 fully saturated rings. The van der Waals surface area contributed by atoms with Gasteiger partial charge in [0.1, 0.15) is 11.5 Å². The van der Waals surface area contributed by atoms with E-state index in [1.807, 2.05) is 48.5 Å². The highest BCUT2D eigenvalue weighted by Gasteiger charge is 2.14. The maximum absolute atomic E-state index is 11.9. The van der Waals surface area contributed by atoms with E-state index in [1.165, 1.54) is 0 Å². The van der Waals surface area contributed by atoms with Crippen LogP contribution < -0.4 is 20.1 Å². The van der Waals surface area contributed by atoms with Gasteiger partial charge in [-0.1, -0.05) is 30.3 Å². The third-order valence-electron chi connectivity index (χ3n) is 4.07. The van der Waals surface area contributed by atoms with E-state index >= 15 is 0 Å². The minimum Gasteiger partial charge on any atom is -0.497 e. The van der Waals surface area contributed by atoms with Crippen molar-refractivity contribution < 1.29 is 14.3 Å². The molecule has 1 atom stereocenters. The van der Waals surface area contributed by atoms with Gasteiger partial charge in [0.15, 0.2) is 0 Å². The molecule has 2 aromatic carbocycles. The van der Waals surface area contributed by atoms with Gasteiger partial charge < -0.3 is 20.1 Å². The molecule has 0 bridgehead atoms. The van der Waals surface area contributed by atoms with Crippen LogP contribution in [0.15, 0.2) is 61.2 Å². The van der Waals surface area contributed by atoms with Crippen molar-refractivity contribution in [2.45, 2.75) is 12.5 Å². The number of carbonyl (C=O) groups excluding carboxylic acids is 1. The first-order chi connectivity index (χ1) is 12.7. The van der Waals surface area contributed by atoms with Gasteiger partial charge in [-0.2, -0.15) is 0 Å². The van der Waals surface area contributed by atoms with Gasteiger partial charge in [0.2, 0.25) is 5.91 Å². The van der Waals surface area contributed by atoms with Crippen molar-refractivity contribution in [1.82, 2.24) is 10.6 Å². The predicted octanol–water partition coefficient (Wildman–Crippen LogP) is 2.88. The lowest BCUT2D eigenvalue weighted by Crippen LogP contribution is -2.36. The van der Waals surface area contributed by atoms with Gasteiger partial charge in [0.05, 0.1) is 20.8 Å². The summed E-state index contributed by atoms with van der Waals surface area (Å²) >= 11 is 0. The fraction of sp³-hybridized carbons (Fsp3) is 0.286. The van der Waals surface area contributed by atoms with Gasteiger partial charge in [-0.3, -0.25) is 4.79 Å². The SMILES string of the molecule is C=CCNC(=O)CNC(Cc1ccc(OC)cc1)c1ccc(OC)cc1. The molecule has 0 heterocycles. The van der Waals surface area contributed by atoms with Crippen LogP contribution in [0.2, 0.25) is 0 Å². The number of amides is 1. The normalized spacial score (nSPS) is 11.5. The van der Waals surface area contributed by atoms with Crippen LogP contribution >= 0.6 is 0 Å². The van der Waals surface area contributed by atoms with Gasteiger partial charge in [-0.15, -0.1) is 6.58 Å². The van der Waals surface area contributed by atoms with Crippen molar-refractivity contribution in [3.05, 3.63) is 72.3 Å². The Hall–Kier alpha value is -2.79. The van der Waals surface area contributed by atoms with Crippen molar-refractivity contribution in [3.63, 3.8) is 0 Å². The Bertz CT molecular complexity index is 696.